The van der Waals surface area contributed by atoms with Gasteiger partial charge < -0.3 is 9.84 Å². The van der Waals surface area contributed by atoms with Gasteiger partial charge in [0.25, 0.3) is 0 Å². The topological polar surface area (TPSA) is 29.5 Å². The minimum Gasteiger partial charge on any atom is -0.495 e. The highest BCUT2D eigenvalue weighted by Gasteiger charge is 2.11. The summed E-state index contributed by atoms with van der Waals surface area (Å²) in [5.74, 6) is 0.620. The van der Waals surface area contributed by atoms with E-state index in [1.807, 2.05) is 6.07 Å². The molecule has 3 heteroatoms. The van der Waals surface area contributed by atoms with Crippen LogP contribution >= 0.6 is 11.6 Å². The van der Waals surface area contributed by atoms with Crippen molar-refractivity contribution in [1.82, 2.24) is 0 Å². The van der Waals surface area contributed by atoms with Gasteiger partial charge in [0.1, 0.15) is 5.75 Å². The number of benzene rings is 2. The van der Waals surface area contributed by atoms with Crippen molar-refractivity contribution in [3.8, 4) is 5.75 Å². The largest absolute Gasteiger partial charge is 0.495 e. The molecule has 0 bridgehead atoms. The number of rotatable bonds is 5. The average molecular weight is 291 g/mol. The second-order valence-electron chi connectivity index (χ2n) is 4.78. The number of aliphatic hydroxyl groups excluding tert-OH is 1. The maximum Gasteiger partial charge on any atom is 0.137 e. The van der Waals surface area contributed by atoms with Gasteiger partial charge >= 0.3 is 0 Å². The first-order valence-corrected chi connectivity index (χ1v) is 7.11. The van der Waals surface area contributed by atoms with Crippen molar-refractivity contribution in [2.75, 3.05) is 7.11 Å². The molecule has 2 nitrogen and oxygen atoms in total. The fourth-order valence-electron chi connectivity index (χ4n) is 2.14. The Hall–Kier alpha value is -1.51. The van der Waals surface area contributed by atoms with Gasteiger partial charge in [-0.05, 0) is 35.2 Å². The van der Waals surface area contributed by atoms with Gasteiger partial charge in [0.05, 0.1) is 18.2 Å². The molecule has 2 aromatic carbocycles. The predicted octanol–water partition coefficient (Wildman–Crippen LogP) is 4.19. The van der Waals surface area contributed by atoms with Crippen molar-refractivity contribution in [2.45, 2.75) is 25.9 Å². The number of hydrogen-bond acceptors (Lipinski definition) is 2. The molecule has 0 spiro atoms. The third-order valence-corrected chi connectivity index (χ3v) is 3.72. The maximum atomic E-state index is 10.3. The lowest BCUT2D eigenvalue weighted by atomic mass is 10.00. The van der Waals surface area contributed by atoms with Gasteiger partial charge in [-0.1, -0.05) is 48.9 Å². The summed E-state index contributed by atoms with van der Waals surface area (Å²) in [6, 6.07) is 13.7. The first-order valence-electron chi connectivity index (χ1n) is 6.73. The molecule has 0 aliphatic rings. The molecule has 0 amide bonds. The molecule has 0 aromatic heterocycles. The molecule has 1 unspecified atom stereocenters. The van der Waals surface area contributed by atoms with E-state index in [-0.39, 0.29) is 0 Å². The second kappa shape index (κ2) is 6.78. The van der Waals surface area contributed by atoms with Crippen LogP contribution in [0.2, 0.25) is 5.02 Å². The van der Waals surface area contributed by atoms with Crippen molar-refractivity contribution >= 4 is 11.6 Å². The zero-order valence-corrected chi connectivity index (χ0v) is 12.5. The van der Waals surface area contributed by atoms with Crippen LogP contribution in [0.4, 0.5) is 0 Å². The summed E-state index contributed by atoms with van der Waals surface area (Å²) in [5, 5.41) is 10.8. The summed E-state index contributed by atoms with van der Waals surface area (Å²) in [6.45, 7) is 2.13. The van der Waals surface area contributed by atoms with Gasteiger partial charge in [0.2, 0.25) is 0 Å². The molecular weight excluding hydrogens is 272 g/mol. The highest BCUT2D eigenvalue weighted by Crippen LogP contribution is 2.28. The minimum absolute atomic E-state index is 0.519. The van der Waals surface area contributed by atoms with Crippen LogP contribution in [-0.2, 0) is 12.8 Å². The Kier molecular flexibility index (Phi) is 5.05. The van der Waals surface area contributed by atoms with E-state index in [0.717, 1.165) is 17.5 Å². The maximum absolute atomic E-state index is 10.3. The lowest BCUT2D eigenvalue weighted by Crippen LogP contribution is -2.02. The molecule has 0 saturated carbocycles. The van der Waals surface area contributed by atoms with E-state index in [9.17, 15) is 5.11 Å². The molecule has 0 heterocycles. The molecular formula is C17H19ClO2. The summed E-state index contributed by atoms with van der Waals surface area (Å²) >= 11 is 6.08. The summed E-state index contributed by atoms with van der Waals surface area (Å²) in [6.07, 6.45) is 1.04. The monoisotopic (exact) mass is 290 g/mol. The Morgan fingerprint density at radius 2 is 1.75 bits per heavy atom. The first-order chi connectivity index (χ1) is 9.63. The van der Waals surface area contributed by atoms with Crippen LogP contribution in [0, 0.1) is 0 Å². The van der Waals surface area contributed by atoms with Crippen molar-refractivity contribution in [1.29, 1.82) is 0 Å². The summed E-state index contributed by atoms with van der Waals surface area (Å²) in [5.41, 5.74) is 3.22. The van der Waals surface area contributed by atoms with Crippen molar-refractivity contribution in [2.24, 2.45) is 0 Å². The van der Waals surface area contributed by atoms with Gasteiger partial charge in [0.15, 0.2) is 0 Å². The van der Waals surface area contributed by atoms with Crippen LogP contribution in [0.25, 0.3) is 0 Å². The Morgan fingerprint density at radius 1 is 1.10 bits per heavy atom. The number of halogens is 1. The smallest absolute Gasteiger partial charge is 0.137 e. The van der Waals surface area contributed by atoms with E-state index >= 15 is 0 Å². The molecule has 20 heavy (non-hydrogen) atoms. The van der Waals surface area contributed by atoms with E-state index < -0.39 is 6.10 Å². The van der Waals surface area contributed by atoms with Crippen LogP contribution in [-0.4, -0.2) is 12.2 Å². The summed E-state index contributed by atoms with van der Waals surface area (Å²) in [7, 11) is 1.58. The van der Waals surface area contributed by atoms with Crippen LogP contribution in [0.5, 0.6) is 5.75 Å². The number of methoxy groups -OCH3 is 1. The van der Waals surface area contributed by atoms with Crippen LogP contribution in [0.15, 0.2) is 42.5 Å². The second-order valence-corrected chi connectivity index (χ2v) is 5.19. The van der Waals surface area contributed by atoms with E-state index in [0.29, 0.717) is 17.2 Å². The third kappa shape index (κ3) is 3.53. The zero-order chi connectivity index (χ0) is 14.5. The predicted molar refractivity (Wildman–Crippen MR) is 82.5 cm³/mol. The van der Waals surface area contributed by atoms with Crippen molar-refractivity contribution < 1.29 is 9.84 Å². The Morgan fingerprint density at radius 3 is 2.30 bits per heavy atom. The molecule has 106 valence electrons. The molecule has 1 atom stereocenters. The lowest BCUT2D eigenvalue weighted by Gasteiger charge is -2.13. The highest BCUT2D eigenvalue weighted by molar-refractivity contribution is 6.32. The number of aryl methyl sites for hydroxylation is 1. The van der Waals surface area contributed by atoms with Gasteiger partial charge in [-0.3, -0.25) is 0 Å². The fraction of sp³-hybridized carbons (Fsp3) is 0.294. The Bertz CT molecular complexity index is 564. The van der Waals surface area contributed by atoms with Gasteiger partial charge in [0, 0.05) is 6.42 Å². The van der Waals surface area contributed by atoms with E-state index in [1.165, 1.54) is 5.56 Å². The molecule has 0 fully saturated rings. The van der Waals surface area contributed by atoms with Crippen LogP contribution < -0.4 is 4.74 Å². The zero-order valence-electron chi connectivity index (χ0n) is 11.8. The number of hydrogen-bond donors (Lipinski definition) is 1. The third-order valence-electron chi connectivity index (χ3n) is 3.42. The summed E-state index contributed by atoms with van der Waals surface area (Å²) in [4.78, 5) is 0. The lowest BCUT2D eigenvalue weighted by molar-refractivity contribution is 0.178. The molecule has 0 aliphatic carbocycles. The molecule has 1 N–H and O–H groups in total. The van der Waals surface area contributed by atoms with Crippen LogP contribution in [0.1, 0.15) is 29.7 Å². The minimum atomic E-state index is -0.564. The molecule has 2 rings (SSSR count). The number of ether oxygens (including phenoxy) is 1. The molecule has 0 radical (unpaired) electrons. The molecule has 0 saturated heterocycles. The Labute approximate surface area is 125 Å². The Balaban J connectivity index is 2.10. The quantitative estimate of drug-likeness (QED) is 0.895. The van der Waals surface area contributed by atoms with Crippen molar-refractivity contribution in [3.05, 3.63) is 64.2 Å². The molecule has 0 aliphatic heterocycles. The highest BCUT2D eigenvalue weighted by atomic mass is 35.5. The van der Waals surface area contributed by atoms with Crippen molar-refractivity contribution in [3.63, 3.8) is 0 Å². The van der Waals surface area contributed by atoms with E-state index in [1.54, 1.807) is 19.2 Å². The standard InChI is InChI=1S/C17H19ClO2/c1-3-12-4-6-13(7-5-12)10-16(19)14-8-9-17(20-2)15(18)11-14/h4-9,11,16,19H,3,10H2,1-2H3. The first kappa shape index (κ1) is 14.9. The summed E-state index contributed by atoms with van der Waals surface area (Å²) < 4.78 is 5.11. The van der Waals surface area contributed by atoms with E-state index in [4.69, 9.17) is 16.3 Å². The fourth-order valence-corrected chi connectivity index (χ4v) is 2.41. The normalized spacial score (nSPS) is 12.2. The molecule has 2 aromatic rings. The van der Waals surface area contributed by atoms with E-state index in [2.05, 4.69) is 31.2 Å². The average Bonchev–Trinajstić information content (AvgIpc) is 2.48. The van der Waals surface area contributed by atoms with Gasteiger partial charge in [-0.2, -0.15) is 0 Å². The number of aliphatic hydroxyl groups is 1. The van der Waals surface area contributed by atoms with Gasteiger partial charge in [-0.25, -0.2) is 0 Å². The van der Waals surface area contributed by atoms with Crippen LogP contribution in [0.3, 0.4) is 0 Å². The SMILES string of the molecule is CCc1ccc(CC(O)c2ccc(OC)c(Cl)c2)cc1. The van der Waals surface area contributed by atoms with Gasteiger partial charge in [-0.15, -0.1) is 0 Å².